The molecule has 0 bridgehead atoms. The van der Waals surface area contributed by atoms with E-state index < -0.39 is 18.1 Å². The Balaban J connectivity index is 1.95. The van der Waals surface area contributed by atoms with Crippen molar-refractivity contribution in [3.63, 3.8) is 0 Å². The Morgan fingerprint density at radius 2 is 2.16 bits per heavy atom. The van der Waals surface area contributed by atoms with Gasteiger partial charge in [-0.3, -0.25) is 0 Å². The molecule has 2 heterocycles. The van der Waals surface area contributed by atoms with E-state index in [2.05, 4.69) is 19.8 Å². The smallest absolute Gasteiger partial charge is 0.462 e. The number of ether oxygens (including phenoxy) is 2. The number of aromatic amines is 1. The monoisotopic (exact) mass is 374 g/mol. The van der Waals surface area contributed by atoms with Crippen LogP contribution >= 0.6 is 11.6 Å². The average molecular weight is 375 g/mol. The van der Waals surface area contributed by atoms with Crippen molar-refractivity contribution < 1.29 is 27.4 Å². The summed E-state index contributed by atoms with van der Waals surface area (Å²) >= 11 is 5.79. The van der Waals surface area contributed by atoms with Gasteiger partial charge in [0.1, 0.15) is 5.75 Å². The van der Waals surface area contributed by atoms with Crippen LogP contribution in [0.5, 0.6) is 5.75 Å². The number of rotatable bonds is 4. The molecule has 7 nitrogen and oxygen atoms in total. The number of nitrogens with zero attached hydrogens (tertiary/aromatic N) is 3. The first-order valence-electron chi connectivity index (χ1n) is 6.94. The maximum Gasteiger partial charge on any atom is 0.573 e. The molecule has 1 N–H and O–H groups in total. The van der Waals surface area contributed by atoms with Gasteiger partial charge >= 0.3 is 12.3 Å². The van der Waals surface area contributed by atoms with Gasteiger partial charge in [0.05, 0.1) is 34.4 Å². The van der Waals surface area contributed by atoms with E-state index in [1.807, 2.05) is 0 Å². The second-order valence-electron chi connectivity index (χ2n) is 4.80. The van der Waals surface area contributed by atoms with E-state index in [1.54, 1.807) is 6.92 Å². The lowest BCUT2D eigenvalue weighted by Gasteiger charge is -2.09. The number of esters is 1. The molecule has 0 radical (unpaired) electrons. The first kappa shape index (κ1) is 17.1. The van der Waals surface area contributed by atoms with Gasteiger partial charge in [-0.15, -0.1) is 13.2 Å². The van der Waals surface area contributed by atoms with Gasteiger partial charge in [0.2, 0.25) is 5.95 Å². The van der Waals surface area contributed by atoms with Crippen LogP contribution in [0.15, 0.2) is 24.5 Å². The maximum atomic E-state index is 12.4. The molecular formula is C14H10ClF3N4O3. The molecule has 132 valence electrons. The Morgan fingerprint density at radius 3 is 2.84 bits per heavy atom. The molecule has 0 fully saturated rings. The number of hydrogen-bond acceptors (Lipinski definition) is 5. The lowest BCUT2D eigenvalue weighted by atomic mass is 10.3. The van der Waals surface area contributed by atoms with Crippen LogP contribution in [0.4, 0.5) is 13.2 Å². The van der Waals surface area contributed by atoms with Gasteiger partial charge in [-0.2, -0.15) is 5.10 Å². The summed E-state index contributed by atoms with van der Waals surface area (Å²) in [6.07, 6.45) is -2.20. The van der Waals surface area contributed by atoms with Crippen LogP contribution in [-0.4, -0.2) is 38.7 Å². The lowest BCUT2D eigenvalue weighted by molar-refractivity contribution is -0.274. The van der Waals surface area contributed by atoms with Gasteiger partial charge in [-0.1, -0.05) is 11.6 Å². The van der Waals surface area contributed by atoms with E-state index in [1.165, 1.54) is 23.1 Å². The van der Waals surface area contributed by atoms with E-state index in [4.69, 9.17) is 16.3 Å². The predicted molar refractivity (Wildman–Crippen MR) is 80.9 cm³/mol. The van der Waals surface area contributed by atoms with Crippen LogP contribution < -0.4 is 4.74 Å². The zero-order valence-corrected chi connectivity index (χ0v) is 13.4. The molecule has 0 aliphatic rings. The number of aromatic nitrogens is 4. The fourth-order valence-electron chi connectivity index (χ4n) is 2.07. The van der Waals surface area contributed by atoms with Gasteiger partial charge < -0.3 is 14.5 Å². The molecule has 0 aliphatic heterocycles. The molecule has 0 spiro atoms. The molecule has 0 atom stereocenters. The van der Waals surface area contributed by atoms with E-state index in [0.717, 1.165) is 6.07 Å². The largest absolute Gasteiger partial charge is 0.573 e. The van der Waals surface area contributed by atoms with Gasteiger partial charge in [-0.05, 0) is 13.0 Å². The first-order valence-corrected chi connectivity index (χ1v) is 7.32. The van der Waals surface area contributed by atoms with E-state index in [0.29, 0.717) is 5.52 Å². The number of H-pyrrole nitrogens is 1. The highest BCUT2D eigenvalue weighted by molar-refractivity contribution is 6.32. The normalized spacial score (nSPS) is 11.7. The van der Waals surface area contributed by atoms with Crippen LogP contribution in [0.25, 0.3) is 17.0 Å². The predicted octanol–water partition coefficient (Wildman–Crippen LogP) is 3.48. The molecule has 25 heavy (non-hydrogen) atoms. The molecule has 0 unspecified atom stereocenters. The number of carbonyl (C=O) groups excluding carboxylic acids is 1. The minimum atomic E-state index is -4.87. The van der Waals surface area contributed by atoms with Crippen LogP contribution in [0, 0.1) is 0 Å². The molecule has 3 rings (SSSR count). The third kappa shape index (κ3) is 3.68. The number of carbonyl (C=O) groups is 1. The quantitative estimate of drug-likeness (QED) is 0.707. The van der Waals surface area contributed by atoms with Gasteiger partial charge in [0, 0.05) is 12.3 Å². The minimum Gasteiger partial charge on any atom is -0.462 e. The van der Waals surface area contributed by atoms with Crippen LogP contribution in [-0.2, 0) is 4.74 Å². The van der Waals surface area contributed by atoms with Gasteiger partial charge in [-0.25, -0.2) is 14.5 Å². The second kappa shape index (κ2) is 6.28. The van der Waals surface area contributed by atoms with E-state index >= 15 is 0 Å². The summed E-state index contributed by atoms with van der Waals surface area (Å²) in [7, 11) is 0. The second-order valence-corrected chi connectivity index (χ2v) is 5.21. The van der Waals surface area contributed by atoms with Crippen molar-refractivity contribution >= 4 is 28.6 Å². The van der Waals surface area contributed by atoms with Gasteiger partial charge in [0.25, 0.3) is 0 Å². The highest BCUT2D eigenvalue weighted by atomic mass is 35.5. The SMILES string of the molecule is CCOC(=O)c1cnn(-c2nc3cc(OC(F)(F)F)c(Cl)cc3[nH]2)c1. The summed E-state index contributed by atoms with van der Waals surface area (Å²) in [5.41, 5.74) is 0.774. The molecule has 0 saturated carbocycles. The highest BCUT2D eigenvalue weighted by Crippen LogP contribution is 2.33. The Labute approximate surface area is 143 Å². The van der Waals surface area contributed by atoms with E-state index in [9.17, 15) is 18.0 Å². The fraction of sp³-hybridized carbons (Fsp3) is 0.214. The third-order valence-corrected chi connectivity index (χ3v) is 3.35. The van der Waals surface area contributed by atoms with Crippen molar-refractivity contribution in [1.82, 2.24) is 19.7 Å². The zero-order valence-electron chi connectivity index (χ0n) is 12.6. The molecule has 11 heteroatoms. The topological polar surface area (TPSA) is 82.0 Å². The van der Waals surface area contributed by atoms with Crippen LogP contribution in [0.1, 0.15) is 17.3 Å². The number of nitrogens with one attached hydrogen (secondary N) is 1. The van der Waals surface area contributed by atoms with Crippen LogP contribution in [0.3, 0.4) is 0 Å². The Bertz CT molecular complexity index is 935. The first-order chi connectivity index (χ1) is 11.8. The van der Waals surface area contributed by atoms with Crippen LogP contribution in [0.2, 0.25) is 5.02 Å². The summed E-state index contributed by atoms with van der Waals surface area (Å²) in [6.45, 7) is 1.89. The Kier molecular flexibility index (Phi) is 4.29. The van der Waals surface area contributed by atoms with Crippen molar-refractivity contribution in [1.29, 1.82) is 0 Å². The molecular weight excluding hydrogens is 365 g/mol. The molecule has 2 aromatic heterocycles. The summed E-state index contributed by atoms with van der Waals surface area (Å²) in [6, 6.07) is 2.31. The molecule has 3 aromatic rings. The number of hydrogen-bond donors (Lipinski definition) is 1. The summed E-state index contributed by atoms with van der Waals surface area (Å²) < 4.78 is 47.1. The Morgan fingerprint density at radius 1 is 1.40 bits per heavy atom. The Hall–Kier alpha value is -2.75. The minimum absolute atomic E-state index is 0.186. The average Bonchev–Trinajstić information content (AvgIpc) is 3.12. The number of halogens is 4. The number of benzene rings is 1. The van der Waals surface area contributed by atoms with E-state index in [-0.39, 0.29) is 28.7 Å². The van der Waals surface area contributed by atoms with Crippen molar-refractivity contribution in [3.8, 4) is 11.7 Å². The van der Waals surface area contributed by atoms with Crippen molar-refractivity contribution in [2.24, 2.45) is 0 Å². The summed E-state index contributed by atoms with van der Waals surface area (Å²) in [5, 5.41) is 3.74. The summed E-state index contributed by atoms with van der Waals surface area (Å²) in [4.78, 5) is 18.6. The van der Waals surface area contributed by atoms with Crippen molar-refractivity contribution in [2.45, 2.75) is 13.3 Å². The zero-order chi connectivity index (χ0) is 18.2. The lowest BCUT2D eigenvalue weighted by Crippen LogP contribution is -2.17. The number of imidazole rings is 1. The molecule has 0 aliphatic carbocycles. The molecule has 0 saturated heterocycles. The van der Waals surface area contributed by atoms with Gasteiger partial charge in [0.15, 0.2) is 0 Å². The third-order valence-electron chi connectivity index (χ3n) is 3.06. The highest BCUT2D eigenvalue weighted by Gasteiger charge is 2.32. The number of fused-ring (bicyclic) bond motifs is 1. The fourth-order valence-corrected chi connectivity index (χ4v) is 2.27. The number of alkyl halides is 3. The molecule has 0 amide bonds. The molecule has 1 aromatic carbocycles. The standard InChI is InChI=1S/C14H10ClF3N4O3/c1-2-24-12(23)7-5-19-22(6-7)13-20-9-3-8(15)11(4-10(9)21-13)25-14(16,17)18/h3-6H,2H2,1H3,(H,20,21). The van der Waals surface area contributed by atoms with Crippen molar-refractivity contribution in [2.75, 3.05) is 6.61 Å². The van der Waals surface area contributed by atoms with Crippen molar-refractivity contribution in [3.05, 3.63) is 35.1 Å². The maximum absolute atomic E-state index is 12.4. The summed E-state index contributed by atoms with van der Waals surface area (Å²) in [5.74, 6) is -0.924.